The summed E-state index contributed by atoms with van der Waals surface area (Å²) in [7, 11) is 0. The van der Waals surface area contributed by atoms with Gasteiger partial charge in [0.05, 0.1) is 18.2 Å². The molecule has 0 aromatic heterocycles. The van der Waals surface area contributed by atoms with E-state index in [1.807, 2.05) is 0 Å². The van der Waals surface area contributed by atoms with E-state index in [9.17, 15) is 24.5 Å². The average molecular weight is 457 g/mol. The molecule has 0 radical (unpaired) electrons. The van der Waals surface area contributed by atoms with Crippen LogP contribution in [0.5, 0.6) is 0 Å². The molecule has 152 valence electrons. The van der Waals surface area contributed by atoms with Gasteiger partial charge in [0, 0.05) is 9.40 Å². The summed E-state index contributed by atoms with van der Waals surface area (Å²) in [6.07, 6.45) is -0.910. The molecule has 0 N–H and O–H groups in total. The molecule has 1 heterocycles. The van der Waals surface area contributed by atoms with E-state index in [4.69, 9.17) is 9.47 Å². The summed E-state index contributed by atoms with van der Waals surface area (Å²) in [5, 5.41) is 11.1. The van der Waals surface area contributed by atoms with Gasteiger partial charge in [-0.3, -0.25) is 19.7 Å². The van der Waals surface area contributed by atoms with Gasteiger partial charge in [-0.1, -0.05) is 15.9 Å². The van der Waals surface area contributed by atoms with Gasteiger partial charge in [-0.25, -0.2) is 9.69 Å². The van der Waals surface area contributed by atoms with Gasteiger partial charge in [0.1, 0.15) is 11.5 Å². The quantitative estimate of drug-likeness (QED) is 0.379. The topological polar surface area (TPSA) is 116 Å². The summed E-state index contributed by atoms with van der Waals surface area (Å²) in [6, 6.07) is 4.71. The highest BCUT2D eigenvalue weighted by molar-refractivity contribution is 9.10. The van der Waals surface area contributed by atoms with Crippen molar-refractivity contribution in [2.45, 2.75) is 39.2 Å². The molecule has 0 aliphatic carbocycles. The summed E-state index contributed by atoms with van der Waals surface area (Å²) in [5.41, 5.74) is -0.304. The third-order valence-corrected chi connectivity index (χ3v) is 4.46. The van der Waals surface area contributed by atoms with Crippen LogP contribution in [0.4, 0.5) is 10.5 Å². The molecule has 0 saturated carbocycles. The highest BCUT2D eigenvalue weighted by Crippen LogP contribution is 2.43. The molecule has 2 amide bonds. The zero-order valence-electron chi connectivity index (χ0n) is 15.9. The molecule has 1 aliphatic heterocycles. The van der Waals surface area contributed by atoms with Gasteiger partial charge in [0.25, 0.3) is 0 Å². The van der Waals surface area contributed by atoms with Gasteiger partial charge in [0.2, 0.25) is 12.5 Å². The molecular weight excluding hydrogens is 436 g/mol. The maximum absolute atomic E-state index is 13.1. The van der Waals surface area contributed by atoms with Gasteiger partial charge in [0.15, 0.2) is 0 Å². The zero-order chi connectivity index (χ0) is 21.2. The number of nitrogens with zero attached hydrogens (tertiary/aromatic N) is 2. The second kappa shape index (κ2) is 8.26. The number of ether oxygens (including phenoxy) is 2. The number of nitro groups is 1. The molecule has 1 aliphatic rings. The van der Waals surface area contributed by atoms with E-state index in [1.165, 1.54) is 6.07 Å². The lowest BCUT2D eigenvalue weighted by atomic mass is 9.87. The van der Waals surface area contributed by atoms with Gasteiger partial charge in [-0.05, 0) is 51.5 Å². The van der Waals surface area contributed by atoms with Crippen molar-refractivity contribution in [2.75, 3.05) is 18.1 Å². The number of amides is 2. The van der Waals surface area contributed by atoms with E-state index in [-0.39, 0.29) is 12.3 Å². The lowest BCUT2D eigenvalue weighted by molar-refractivity contribution is -0.486. The maximum Gasteiger partial charge on any atom is 0.421 e. The summed E-state index contributed by atoms with van der Waals surface area (Å²) >= 11 is 3.29. The number of benzene rings is 1. The van der Waals surface area contributed by atoms with Crippen LogP contribution >= 0.6 is 15.9 Å². The Morgan fingerprint density at radius 1 is 1.36 bits per heavy atom. The van der Waals surface area contributed by atoms with Gasteiger partial charge in [-0.15, -0.1) is 0 Å². The number of halogens is 1. The number of hydrogen-bond acceptors (Lipinski definition) is 7. The van der Waals surface area contributed by atoms with Crippen LogP contribution in [0.15, 0.2) is 22.7 Å². The first-order valence-electron chi connectivity index (χ1n) is 8.61. The molecule has 0 fully saturated rings. The molecule has 0 saturated heterocycles. The molecule has 2 rings (SSSR count). The lowest BCUT2D eigenvalue weighted by Crippen LogP contribution is -2.42. The molecule has 2 atom stereocenters. The van der Waals surface area contributed by atoms with Crippen LogP contribution in [0.3, 0.4) is 0 Å². The average Bonchev–Trinajstić information content (AvgIpc) is 2.82. The highest BCUT2D eigenvalue weighted by Gasteiger charge is 2.50. The minimum Gasteiger partial charge on any atom is -0.466 e. The Hall–Kier alpha value is -2.49. The molecule has 0 bridgehead atoms. The minimum absolute atomic E-state index is 0.00901. The smallest absolute Gasteiger partial charge is 0.421 e. The summed E-state index contributed by atoms with van der Waals surface area (Å²) in [4.78, 5) is 49.4. The van der Waals surface area contributed by atoms with Gasteiger partial charge < -0.3 is 9.47 Å². The fraction of sp³-hybridized carbons (Fsp3) is 0.500. The Balaban J connectivity index is 2.54. The normalized spacial score (nSPS) is 17.1. The van der Waals surface area contributed by atoms with Crippen molar-refractivity contribution < 1.29 is 28.8 Å². The van der Waals surface area contributed by atoms with Gasteiger partial charge in [-0.2, -0.15) is 0 Å². The van der Waals surface area contributed by atoms with Crippen molar-refractivity contribution in [1.29, 1.82) is 0 Å². The molecule has 0 spiro atoms. The molecular formula is C18H21BrN2O7. The third kappa shape index (κ3) is 4.67. The van der Waals surface area contributed by atoms with E-state index in [1.54, 1.807) is 39.8 Å². The number of carbonyl (C=O) groups is 3. The summed E-state index contributed by atoms with van der Waals surface area (Å²) in [5.74, 6) is -4.23. The molecule has 1 aromatic carbocycles. The van der Waals surface area contributed by atoms with E-state index in [0.717, 1.165) is 4.90 Å². The number of rotatable bonds is 5. The van der Waals surface area contributed by atoms with Crippen LogP contribution in [-0.4, -0.2) is 41.6 Å². The monoisotopic (exact) mass is 456 g/mol. The van der Waals surface area contributed by atoms with E-state index in [0.29, 0.717) is 10.0 Å². The Kier molecular flexibility index (Phi) is 6.43. The van der Waals surface area contributed by atoms with Crippen molar-refractivity contribution in [3.05, 3.63) is 38.3 Å². The van der Waals surface area contributed by atoms with Gasteiger partial charge >= 0.3 is 12.1 Å². The van der Waals surface area contributed by atoms with E-state index < -0.39 is 46.9 Å². The lowest BCUT2D eigenvalue weighted by Gasteiger charge is -2.24. The van der Waals surface area contributed by atoms with Crippen molar-refractivity contribution in [2.24, 2.45) is 5.92 Å². The SMILES string of the molecule is CCOC(=O)[C@@H](C[N+](=O)[O-])[C@H]1C(=O)N(C(=O)OC(C)(C)C)c2ccc(Br)cc21. The molecule has 10 heteroatoms. The largest absolute Gasteiger partial charge is 0.466 e. The summed E-state index contributed by atoms with van der Waals surface area (Å²) < 4.78 is 10.8. The molecule has 28 heavy (non-hydrogen) atoms. The first-order chi connectivity index (χ1) is 13.0. The second-order valence-corrected chi connectivity index (χ2v) is 8.12. The first-order valence-corrected chi connectivity index (χ1v) is 9.40. The van der Waals surface area contributed by atoms with E-state index in [2.05, 4.69) is 15.9 Å². The molecule has 0 unspecified atom stereocenters. The van der Waals surface area contributed by atoms with Crippen LogP contribution in [-0.2, 0) is 19.1 Å². The number of anilines is 1. The van der Waals surface area contributed by atoms with Crippen LogP contribution in [0.1, 0.15) is 39.2 Å². The number of carbonyl (C=O) groups excluding carboxylic acids is 3. The third-order valence-electron chi connectivity index (χ3n) is 3.97. The fourth-order valence-electron chi connectivity index (χ4n) is 2.98. The van der Waals surface area contributed by atoms with Crippen LogP contribution < -0.4 is 4.90 Å². The Morgan fingerprint density at radius 2 is 2.00 bits per heavy atom. The molecule has 9 nitrogen and oxygen atoms in total. The minimum atomic E-state index is -1.37. The van der Waals surface area contributed by atoms with Crippen LogP contribution in [0.2, 0.25) is 0 Å². The Bertz CT molecular complexity index is 819. The standard InChI is InChI=1S/C18H21BrN2O7/c1-5-27-16(23)12(9-20(25)26)14-11-8-10(19)6-7-13(11)21(15(14)22)17(24)28-18(2,3)4/h6-8,12,14H,5,9H2,1-4H3/t12-,14-/m0/s1. The van der Waals surface area contributed by atoms with E-state index >= 15 is 0 Å². The number of hydrogen-bond donors (Lipinski definition) is 0. The number of esters is 1. The second-order valence-electron chi connectivity index (χ2n) is 7.21. The number of imide groups is 1. The van der Waals surface area contributed by atoms with Crippen molar-refractivity contribution in [3.63, 3.8) is 0 Å². The predicted molar refractivity (Wildman–Crippen MR) is 103 cm³/mol. The Morgan fingerprint density at radius 3 is 2.54 bits per heavy atom. The fourth-order valence-corrected chi connectivity index (χ4v) is 3.36. The zero-order valence-corrected chi connectivity index (χ0v) is 17.5. The molecule has 1 aromatic rings. The Labute approximate surface area is 170 Å². The number of fused-ring (bicyclic) bond motifs is 1. The first kappa shape index (κ1) is 21.8. The van der Waals surface area contributed by atoms with Crippen LogP contribution in [0, 0.1) is 16.0 Å². The van der Waals surface area contributed by atoms with Crippen molar-refractivity contribution in [3.8, 4) is 0 Å². The van der Waals surface area contributed by atoms with Crippen molar-refractivity contribution in [1.82, 2.24) is 0 Å². The summed E-state index contributed by atoms with van der Waals surface area (Å²) in [6.45, 7) is 5.73. The predicted octanol–water partition coefficient (Wildman–Crippen LogP) is 3.27. The van der Waals surface area contributed by atoms with Crippen LogP contribution in [0.25, 0.3) is 0 Å². The highest BCUT2D eigenvalue weighted by atomic mass is 79.9. The van der Waals surface area contributed by atoms with Crippen molar-refractivity contribution >= 4 is 39.6 Å². The maximum atomic E-state index is 13.1.